The van der Waals surface area contributed by atoms with Crippen molar-refractivity contribution in [1.29, 1.82) is 0 Å². The van der Waals surface area contributed by atoms with E-state index in [4.69, 9.17) is 23.6 Å². The summed E-state index contributed by atoms with van der Waals surface area (Å²) >= 11 is 18.5. The van der Waals surface area contributed by atoms with Crippen molar-refractivity contribution in [3.8, 4) is 0 Å². The van der Waals surface area contributed by atoms with Crippen LogP contribution < -0.4 is 0 Å². The average molecular weight is 439 g/mol. The minimum atomic E-state index is -1.43. The van der Waals surface area contributed by atoms with Crippen molar-refractivity contribution >= 4 is 66.3 Å². The third-order valence-electron chi connectivity index (χ3n) is 5.39. The first-order valence-corrected chi connectivity index (χ1v) is 19.9. The van der Waals surface area contributed by atoms with Crippen LogP contribution in [0.1, 0.15) is 25.7 Å². The number of hydrogen-bond acceptors (Lipinski definition) is 5. The molecule has 4 aliphatic carbocycles. The highest BCUT2D eigenvalue weighted by Gasteiger charge is 2.41. The SMILES string of the molecule is CP(=S)(SC1CC2C=CC1C2)SP(C)(=S)SC1CC2C=CC1C2. The second-order valence-corrected chi connectivity index (χ2v) is 32.9. The van der Waals surface area contributed by atoms with E-state index in [9.17, 15) is 0 Å². The maximum Gasteiger partial charge on any atom is 0.0601 e. The van der Waals surface area contributed by atoms with Crippen LogP contribution in [0.4, 0.5) is 0 Å². The summed E-state index contributed by atoms with van der Waals surface area (Å²) in [5.41, 5.74) is 0. The van der Waals surface area contributed by atoms with Gasteiger partial charge in [-0.15, -0.1) is 22.8 Å². The Hall–Kier alpha value is 1.83. The van der Waals surface area contributed by atoms with Crippen molar-refractivity contribution in [2.75, 3.05) is 13.3 Å². The number of hydrogen-bond donors (Lipinski definition) is 0. The minimum Gasteiger partial charge on any atom is -0.110 e. The van der Waals surface area contributed by atoms with Crippen LogP contribution in [0.15, 0.2) is 24.3 Å². The molecule has 2 saturated carbocycles. The van der Waals surface area contributed by atoms with Gasteiger partial charge in [0.25, 0.3) is 0 Å². The van der Waals surface area contributed by atoms with E-state index in [0.717, 1.165) is 34.2 Å². The molecule has 0 heterocycles. The molecule has 0 aromatic rings. The van der Waals surface area contributed by atoms with Crippen LogP contribution in [0.25, 0.3) is 0 Å². The molecule has 0 saturated heterocycles. The largest absolute Gasteiger partial charge is 0.110 e. The van der Waals surface area contributed by atoms with Gasteiger partial charge < -0.3 is 0 Å². The standard InChI is InChI=1S/C16H24P2S5/c1-17(19,21-15-9-11-3-5-13(15)7-11)23-18(2,20)22-16-10-12-4-6-14(16)8-12/h3-6,11-16H,7-10H2,1-2H3. The highest BCUT2D eigenvalue weighted by molar-refractivity contribution is 9.24. The summed E-state index contributed by atoms with van der Waals surface area (Å²) in [5, 5.41) is 1.55. The predicted octanol–water partition coefficient (Wildman–Crippen LogP) is 6.99. The molecule has 7 heteroatoms. The van der Waals surface area contributed by atoms with E-state index < -0.39 is 8.88 Å². The van der Waals surface area contributed by atoms with E-state index >= 15 is 0 Å². The van der Waals surface area contributed by atoms with Crippen molar-refractivity contribution in [2.24, 2.45) is 23.7 Å². The Kier molecular flexibility index (Phi) is 5.36. The maximum absolute atomic E-state index is 6.10. The lowest BCUT2D eigenvalue weighted by Gasteiger charge is -2.30. The first-order chi connectivity index (χ1) is 10.8. The van der Waals surface area contributed by atoms with Gasteiger partial charge in [-0.2, -0.15) is 0 Å². The van der Waals surface area contributed by atoms with Gasteiger partial charge in [0, 0.05) is 10.5 Å². The molecule has 4 aliphatic rings. The molecule has 4 rings (SSSR count). The van der Waals surface area contributed by atoms with Crippen LogP contribution in [0.2, 0.25) is 0 Å². The molecular formula is C16H24P2S5. The fourth-order valence-electron chi connectivity index (χ4n) is 4.50. The molecule has 128 valence electrons. The van der Waals surface area contributed by atoms with Crippen LogP contribution in [-0.4, -0.2) is 23.8 Å². The van der Waals surface area contributed by atoms with E-state index in [2.05, 4.69) is 71.4 Å². The molecule has 0 N–H and O–H groups in total. The Morgan fingerprint density at radius 1 is 0.739 bits per heavy atom. The quantitative estimate of drug-likeness (QED) is 0.323. The van der Waals surface area contributed by atoms with Crippen molar-refractivity contribution in [3.05, 3.63) is 24.3 Å². The molecule has 0 nitrogen and oxygen atoms in total. The molecule has 0 aromatic heterocycles. The lowest BCUT2D eigenvalue weighted by Crippen LogP contribution is -2.08. The Morgan fingerprint density at radius 3 is 1.48 bits per heavy atom. The smallest absolute Gasteiger partial charge is 0.0601 e. The van der Waals surface area contributed by atoms with Crippen LogP contribution >= 0.6 is 42.6 Å². The summed E-state index contributed by atoms with van der Waals surface area (Å²) in [6, 6.07) is 0. The molecule has 0 aromatic carbocycles. The van der Waals surface area contributed by atoms with Gasteiger partial charge in [0.05, 0.1) is 8.88 Å². The van der Waals surface area contributed by atoms with Crippen LogP contribution in [0.3, 0.4) is 0 Å². The monoisotopic (exact) mass is 438 g/mol. The maximum atomic E-state index is 6.10. The zero-order chi connectivity index (χ0) is 16.2. The van der Waals surface area contributed by atoms with E-state index in [1.165, 1.54) is 25.7 Å². The van der Waals surface area contributed by atoms with Crippen LogP contribution in [-0.2, 0) is 23.6 Å². The summed E-state index contributed by atoms with van der Waals surface area (Å²) < 4.78 is -2.86. The molecule has 4 bridgehead atoms. The van der Waals surface area contributed by atoms with E-state index in [1.54, 1.807) is 0 Å². The first kappa shape index (κ1) is 18.2. The third kappa shape index (κ3) is 4.23. The molecule has 2 fully saturated rings. The second kappa shape index (κ2) is 6.77. The van der Waals surface area contributed by atoms with Gasteiger partial charge in [-0.3, -0.25) is 0 Å². The van der Waals surface area contributed by atoms with Gasteiger partial charge in [-0.05, 0) is 62.7 Å². The topological polar surface area (TPSA) is 0 Å². The summed E-state index contributed by atoms with van der Waals surface area (Å²) in [6.07, 6.45) is 15.2. The van der Waals surface area contributed by atoms with Gasteiger partial charge in [0.1, 0.15) is 0 Å². The Bertz CT molecular complexity index is 588. The highest BCUT2D eigenvalue weighted by Crippen LogP contribution is 2.86. The van der Waals surface area contributed by atoms with E-state index in [0.29, 0.717) is 0 Å². The third-order valence-corrected chi connectivity index (χ3v) is 29.7. The fourth-order valence-corrected chi connectivity index (χ4v) is 44.3. The highest BCUT2D eigenvalue weighted by atomic mass is 33.5. The van der Waals surface area contributed by atoms with Crippen molar-refractivity contribution < 1.29 is 0 Å². The summed E-state index contributed by atoms with van der Waals surface area (Å²) in [4.78, 5) is 0. The minimum absolute atomic E-state index is 0.777. The molecule has 8 unspecified atom stereocenters. The van der Waals surface area contributed by atoms with Gasteiger partial charge in [0.2, 0.25) is 0 Å². The lowest BCUT2D eigenvalue weighted by molar-refractivity contribution is 0.692. The molecular weight excluding hydrogens is 414 g/mol. The normalized spacial score (nSPS) is 45.5. The average Bonchev–Trinajstić information content (AvgIpc) is 3.15. The van der Waals surface area contributed by atoms with E-state index in [1.807, 2.05) is 0 Å². The fraction of sp³-hybridized carbons (Fsp3) is 0.750. The number of fused-ring (bicyclic) bond motifs is 4. The van der Waals surface area contributed by atoms with Gasteiger partial charge >= 0.3 is 0 Å². The molecule has 0 amide bonds. The molecule has 0 aliphatic heterocycles. The number of rotatable bonds is 6. The first-order valence-electron chi connectivity index (χ1n) is 8.39. The Balaban J connectivity index is 1.35. The van der Waals surface area contributed by atoms with Crippen molar-refractivity contribution in [3.63, 3.8) is 0 Å². The zero-order valence-electron chi connectivity index (χ0n) is 13.5. The molecule has 0 spiro atoms. The van der Waals surface area contributed by atoms with Gasteiger partial charge in [0.15, 0.2) is 0 Å². The summed E-state index contributed by atoms with van der Waals surface area (Å²) in [7, 11) is 0. The summed E-state index contributed by atoms with van der Waals surface area (Å²) in [5.74, 6) is 3.28. The van der Waals surface area contributed by atoms with E-state index in [-0.39, 0.29) is 0 Å². The Labute approximate surface area is 162 Å². The van der Waals surface area contributed by atoms with Crippen LogP contribution in [0.5, 0.6) is 0 Å². The van der Waals surface area contributed by atoms with Gasteiger partial charge in [-0.25, -0.2) is 0 Å². The lowest BCUT2D eigenvalue weighted by atomic mass is 10.1. The van der Waals surface area contributed by atoms with Crippen LogP contribution in [0, 0.1) is 23.7 Å². The summed E-state index contributed by atoms with van der Waals surface area (Å²) in [6.45, 7) is 4.69. The number of allylic oxidation sites excluding steroid dienone is 4. The second-order valence-electron chi connectivity index (χ2n) is 7.47. The zero-order valence-corrected chi connectivity index (χ0v) is 19.4. The Morgan fingerprint density at radius 2 is 1.17 bits per heavy atom. The predicted molar refractivity (Wildman–Crippen MR) is 121 cm³/mol. The van der Waals surface area contributed by atoms with Crippen molar-refractivity contribution in [2.45, 2.75) is 36.2 Å². The molecule has 8 atom stereocenters. The molecule has 0 radical (unpaired) electrons. The van der Waals surface area contributed by atoms with Gasteiger partial charge in [-0.1, -0.05) is 58.9 Å². The van der Waals surface area contributed by atoms with Crippen molar-refractivity contribution in [1.82, 2.24) is 0 Å². The molecule has 23 heavy (non-hydrogen) atoms.